The summed E-state index contributed by atoms with van der Waals surface area (Å²) in [5.74, 6) is -0.972. The molecule has 0 spiro atoms. The zero-order valence-corrected chi connectivity index (χ0v) is 18.6. The van der Waals surface area contributed by atoms with Crippen LogP contribution in [0.3, 0.4) is 0 Å². The minimum atomic E-state index is -0.663. The molecule has 2 N–H and O–H groups in total. The quantitative estimate of drug-likeness (QED) is 0.686. The molecule has 2 aromatic rings. The van der Waals surface area contributed by atoms with Crippen LogP contribution in [0.25, 0.3) is 0 Å². The summed E-state index contributed by atoms with van der Waals surface area (Å²) in [6, 6.07) is 8.84. The summed E-state index contributed by atoms with van der Waals surface area (Å²) in [5, 5.41) is 12.8. The Hall–Kier alpha value is -2.84. The lowest BCUT2D eigenvalue weighted by Gasteiger charge is -2.32. The first-order chi connectivity index (χ1) is 15.4. The maximum atomic E-state index is 13.6. The minimum absolute atomic E-state index is 0.0846. The van der Waals surface area contributed by atoms with Gasteiger partial charge in [0.1, 0.15) is 26.1 Å². The van der Waals surface area contributed by atoms with Crippen molar-refractivity contribution < 1.29 is 28.3 Å². The predicted molar refractivity (Wildman–Crippen MR) is 122 cm³/mol. The van der Waals surface area contributed by atoms with Crippen LogP contribution in [0.4, 0.5) is 20.2 Å². The van der Waals surface area contributed by atoms with Gasteiger partial charge in [-0.3, -0.25) is 4.79 Å². The van der Waals surface area contributed by atoms with Crippen LogP contribution in [0.1, 0.15) is 42.1 Å². The average molecular weight is 469 g/mol. The number of rotatable bonds is 4. The summed E-state index contributed by atoms with van der Waals surface area (Å²) in [7, 11) is 0. The highest BCUT2D eigenvalue weighted by atomic mass is 35.5. The van der Waals surface area contributed by atoms with Crippen molar-refractivity contribution in [2.24, 2.45) is 0 Å². The molecule has 1 aliphatic rings. The summed E-state index contributed by atoms with van der Waals surface area (Å²) in [5.41, 5.74) is 1.80. The van der Waals surface area contributed by atoms with Gasteiger partial charge in [0.25, 0.3) is 5.91 Å². The van der Waals surface area contributed by atoms with Crippen molar-refractivity contribution in [3.8, 4) is 0 Å². The molecule has 1 fully saturated rings. The van der Waals surface area contributed by atoms with Crippen LogP contribution in [-0.4, -0.2) is 43.3 Å². The van der Waals surface area contributed by atoms with Gasteiger partial charge in [0.15, 0.2) is 0 Å². The van der Waals surface area contributed by atoms with Gasteiger partial charge in [-0.1, -0.05) is 17.7 Å². The molecule has 174 valence electrons. The Kier molecular flexibility index (Phi) is 11.5. The number of β-amino-alcohol motifs (C(OH)–C–C–N with tert-alkyl or cyclic N) is 1. The largest absolute Gasteiger partial charge is 0.391 e. The number of nitrogens with one attached hydrogen (secondary N) is 1. The molecule has 32 heavy (non-hydrogen) atoms. The number of anilines is 2. The van der Waals surface area contributed by atoms with Crippen molar-refractivity contribution in [1.29, 1.82) is 0 Å². The maximum Gasteiger partial charge on any atom is 0.255 e. The molecule has 6 nitrogen and oxygen atoms in total. The zero-order chi connectivity index (χ0) is 24.3. The molecule has 9 heteroatoms. The second-order valence-electron chi connectivity index (χ2n) is 7.15. The first-order valence-electron chi connectivity index (χ1n) is 9.86. The third-order valence-corrected chi connectivity index (χ3v) is 5.37. The van der Waals surface area contributed by atoms with E-state index in [-0.39, 0.29) is 11.1 Å². The van der Waals surface area contributed by atoms with E-state index in [0.29, 0.717) is 35.5 Å². The van der Waals surface area contributed by atoms with Gasteiger partial charge in [0.05, 0.1) is 11.1 Å². The van der Waals surface area contributed by atoms with E-state index >= 15 is 0 Å². The highest BCUT2D eigenvalue weighted by Gasteiger charge is 2.25. The Balaban J connectivity index is 0.00000121. The molecular formula is C23H27ClF2N2O4. The summed E-state index contributed by atoms with van der Waals surface area (Å²) in [4.78, 5) is 30.6. The van der Waals surface area contributed by atoms with Gasteiger partial charge in [0, 0.05) is 35.1 Å². The van der Waals surface area contributed by atoms with E-state index in [1.807, 2.05) is 25.4 Å². The summed E-state index contributed by atoms with van der Waals surface area (Å²) in [6.07, 6.45) is 2.00. The van der Waals surface area contributed by atoms with Crippen molar-refractivity contribution >= 4 is 42.5 Å². The highest BCUT2D eigenvalue weighted by molar-refractivity contribution is 6.31. The Bertz CT molecular complexity index is 898. The van der Waals surface area contributed by atoms with E-state index in [1.165, 1.54) is 18.2 Å². The van der Waals surface area contributed by atoms with Crippen molar-refractivity contribution in [3.63, 3.8) is 0 Å². The number of hydrogen-bond acceptors (Lipinski definition) is 5. The number of aliphatic hydroxyl groups excluding tert-OH is 1. The first kappa shape index (κ1) is 27.2. The fraction of sp³-hybridized carbons (Fsp3) is 0.348. The van der Waals surface area contributed by atoms with Crippen molar-refractivity contribution in [1.82, 2.24) is 0 Å². The molecule has 0 bridgehead atoms. The monoisotopic (exact) mass is 468 g/mol. The number of amides is 1. The summed E-state index contributed by atoms with van der Waals surface area (Å²) in [6.45, 7) is 5.77. The molecule has 1 saturated heterocycles. The Labute approximate surface area is 191 Å². The number of nitrogens with zero attached hydrogens (tertiary/aromatic N) is 1. The van der Waals surface area contributed by atoms with E-state index in [1.54, 1.807) is 18.2 Å². The molecule has 0 aliphatic carbocycles. The topological polar surface area (TPSA) is 86.7 Å². The molecule has 3 rings (SSSR count). The molecule has 1 heterocycles. The van der Waals surface area contributed by atoms with E-state index in [2.05, 4.69) is 5.32 Å². The summed E-state index contributed by atoms with van der Waals surface area (Å²) < 4.78 is 26.9. The average Bonchev–Trinajstić information content (AvgIpc) is 2.98. The molecule has 0 aromatic heterocycles. The van der Waals surface area contributed by atoms with E-state index in [9.17, 15) is 18.7 Å². The maximum absolute atomic E-state index is 13.6. The number of aliphatic hydroxyl groups is 1. The van der Waals surface area contributed by atoms with Crippen LogP contribution < -0.4 is 10.2 Å². The van der Waals surface area contributed by atoms with E-state index < -0.39 is 24.5 Å². The lowest BCUT2D eigenvalue weighted by atomic mass is 10.1. The molecule has 1 aliphatic heterocycles. The predicted octanol–water partition coefficient (Wildman–Crippen LogP) is 4.57. The Morgan fingerprint density at radius 2 is 1.88 bits per heavy atom. The lowest BCUT2D eigenvalue weighted by molar-refractivity contribution is -0.0987. The SMILES string of the molecule is C=O.C=O.CC1CCCC(O)CN1c1cc(C(=O)Nc2ccc(F)c(Cl)c2)ccc1CF. The number of carbonyl (C=O) groups is 3. The van der Waals surface area contributed by atoms with Gasteiger partial charge < -0.3 is 24.9 Å². The van der Waals surface area contributed by atoms with E-state index in [4.69, 9.17) is 21.2 Å². The number of carbonyl (C=O) groups excluding carboxylic acids is 3. The second kappa shape index (κ2) is 13.5. The van der Waals surface area contributed by atoms with Crippen LogP contribution in [0, 0.1) is 5.82 Å². The van der Waals surface area contributed by atoms with E-state index in [0.717, 1.165) is 12.8 Å². The molecule has 0 radical (unpaired) electrons. The van der Waals surface area contributed by atoms with Gasteiger partial charge in [-0.15, -0.1) is 0 Å². The number of benzene rings is 2. The Morgan fingerprint density at radius 3 is 2.50 bits per heavy atom. The Morgan fingerprint density at radius 1 is 1.19 bits per heavy atom. The highest BCUT2D eigenvalue weighted by Crippen LogP contribution is 2.30. The van der Waals surface area contributed by atoms with Gasteiger partial charge in [-0.2, -0.15) is 0 Å². The van der Waals surface area contributed by atoms with Crippen LogP contribution in [-0.2, 0) is 16.3 Å². The fourth-order valence-electron chi connectivity index (χ4n) is 3.50. The normalized spacial score (nSPS) is 17.7. The molecule has 2 aromatic carbocycles. The van der Waals surface area contributed by atoms with Gasteiger partial charge in [-0.25, -0.2) is 8.78 Å². The van der Waals surface area contributed by atoms with Crippen molar-refractivity contribution in [2.45, 2.75) is 45.0 Å². The standard InChI is InChI=1S/C21H23ClF2N2O2.2CH2O/c1-13-3-2-4-17(27)12-26(13)20-9-14(5-6-15(20)11-23)21(28)25-16-7-8-19(24)18(22)10-16;2*1-2/h5-10,13,17,27H,2-4,11-12H2,1H3,(H,25,28);2*1H2. The molecule has 2 atom stereocenters. The van der Waals surface area contributed by atoms with Gasteiger partial charge >= 0.3 is 0 Å². The molecule has 2 unspecified atom stereocenters. The number of hydrogen-bond donors (Lipinski definition) is 2. The molecule has 0 saturated carbocycles. The smallest absolute Gasteiger partial charge is 0.255 e. The minimum Gasteiger partial charge on any atom is -0.391 e. The third kappa shape index (κ3) is 7.10. The van der Waals surface area contributed by atoms with Gasteiger partial charge in [0.2, 0.25) is 0 Å². The van der Waals surface area contributed by atoms with Crippen LogP contribution >= 0.6 is 11.6 Å². The van der Waals surface area contributed by atoms with Crippen LogP contribution in [0.15, 0.2) is 36.4 Å². The lowest BCUT2D eigenvalue weighted by Crippen LogP contribution is -2.37. The van der Waals surface area contributed by atoms with Gasteiger partial charge in [-0.05, 0) is 56.5 Å². The molecule has 1 amide bonds. The number of alkyl halides is 1. The first-order valence-corrected chi connectivity index (χ1v) is 10.2. The van der Waals surface area contributed by atoms with Crippen molar-refractivity contribution in [3.05, 3.63) is 58.4 Å². The number of halogens is 3. The summed E-state index contributed by atoms with van der Waals surface area (Å²) >= 11 is 5.76. The third-order valence-electron chi connectivity index (χ3n) is 5.08. The molecular weight excluding hydrogens is 442 g/mol. The zero-order valence-electron chi connectivity index (χ0n) is 17.8. The van der Waals surface area contributed by atoms with Crippen molar-refractivity contribution in [2.75, 3.05) is 16.8 Å². The fourth-order valence-corrected chi connectivity index (χ4v) is 3.68. The second-order valence-corrected chi connectivity index (χ2v) is 7.55. The van der Waals surface area contributed by atoms with Crippen LogP contribution in [0.2, 0.25) is 5.02 Å². The van der Waals surface area contributed by atoms with Crippen LogP contribution in [0.5, 0.6) is 0 Å².